The molecule has 0 saturated heterocycles. The minimum atomic E-state index is -4.37. The fourth-order valence-electron chi connectivity index (χ4n) is 3.54. The standard InChI is InChI=1S/C25H26F3N3O2/c1-29-24(32)23(18-7-4-3-5-8-18)31-21(20-9-6-10-22(30-20)33-2)16-13-17-11-14-19(15-12-17)25(26,27)28/h3-12,14-15,21,23,31H,13,16H2,1-2H3,(H,29,32)/t21-,23?/m0/s1. The zero-order valence-electron chi connectivity index (χ0n) is 18.4. The lowest BCUT2D eigenvalue weighted by Gasteiger charge is -2.25. The summed E-state index contributed by atoms with van der Waals surface area (Å²) in [5.74, 6) is 0.230. The normalized spacial score (nSPS) is 13.2. The van der Waals surface area contributed by atoms with Crippen LogP contribution in [0.5, 0.6) is 5.88 Å². The quantitative estimate of drug-likeness (QED) is 0.482. The minimum Gasteiger partial charge on any atom is -0.481 e. The smallest absolute Gasteiger partial charge is 0.416 e. The Morgan fingerprint density at radius 3 is 2.30 bits per heavy atom. The first-order valence-corrected chi connectivity index (χ1v) is 10.5. The number of carbonyl (C=O) groups is 1. The van der Waals surface area contributed by atoms with Gasteiger partial charge < -0.3 is 10.1 Å². The maximum atomic E-state index is 12.9. The fraction of sp³-hybridized carbons (Fsp3) is 0.280. The molecule has 0 radical (unpaired) electrons. The highest BCUT2D eigenvalue weighted by Crippen LogP contribution is 2.30. The highest BCUT2D eigenvalue weighted by Gasteiger charge is 2.30. The van der Waals surface area contributed by atoms with Gasteiger partial charge in [0.05, 0.1) is 24.4 Å². The van der Waals surface area contributed by atoms with Crippen LogP contribution in [-0.4, -0.2) is 25.0 Å². The number of hydrogen-bond donors (Lipinski definition) is 2. The number of pyridine rings is 1. The number of hydrogen-bond acceptors (Lipinski definition) is 4. The zero-order chi connectivity index (χ0) is 23.8. The van der Waals surface area contributed by atoms with Crippen molar-refractivity contribution in [3.63, 3.8) is 0 Å². The molecule has 0 bridgehead atoms. The van der Waals surface area contributed by atoms with Gasteiger partial charge in [-0.2, -0.15) is 13.2 Å². The Morgan fingerprint density at radius 2 is 1.70 bits per heavy atom. The molecule has 8 heteroatoms. The molecule has 3 rings (SSSR count). The number of ether oxygens (including phenoxy) is 1. The van der Waals surface area contributed by atoms with E-state index in [1.54, 1.807) is 13.1 Å². The Morgan fingerprint density at radius 1 is 1.00 bits per heavy atom. The Bertz CT molecular complexity index is 1040. The van der Waals surface area contributed by atoms with Crippen LogP contribution in [-0.2, 0) is 17.4 Å². The Balaban J connectivity index is 1.86. The van der Waals surface area contributed by atoms with Gasteiger partial charge in [0.2, 0.25) is 11.8 Å². The summed E-state index contributed by atoms with van der Waals surface area (Å²) in [6.45, 7) is 0. The Kier molecular flexibility index (Phi) is 8.06. The van der Waals surface area contributed by atoms with E-state index in [4.69, 9.17) is 4.74 Å². The third-order valence-electron chi connectivity index (χ3n) is 5.32. The number of nitrogens with one attached hydrogen (secondary N) is 2. The van der Waals surface area contributed by atoms with Gasteiger partial charge in [-0.3, -0.25) is 10.1 Å². The van der Waals surface area contributed by atoms with Crippen molar-refractivity contribution < 1.29 is 22.7 Å². The predicted molar refractivity (Wildman–Crippen MR) is 120 cm³/mol. The molecular formula is C25H26F3N3O2. The van der Waals surface area contributed by atoms with Crippen LogP contribution in [0.1, 0.15) is 40.9 Å². The van der Waals surface area contributed by atoms with Gasteiger partial charge in [-0.1, -0.05) is 48.5 Å². The second-order valence-corrected chi connectivity index (χ2v) is 7.52. The molecule has 1 unspecified atom stereocenters. The molecule has 5 nitrogen and oxygen atoms in total. The molecule has 0 aliphatic carbocycles. The number of aromatic nitrogens is 1. The van der Waals surface area contributed by atoms with Gasteiger partial charge in [-0.25, -0.2) is 4.98 Å². The van der Waals surface area contributed by atoms with Crippen LogP contribution >= 0.6 is 0 Å². The minimum absolute atomic E-state index is 0.205. The topological polar surface area (TPSA) is 63.2 Å². The van der Waals surface area contributed by atoms with E-state index in [0.717, 1.165) is 23.3 Å². The van der Waals surface area contributed by atoms with Gasteiger partial charge in [0, 0.05) is 13.1 Å². The molecule has 0 aliphatic rings. The average Bonchev–Trinajstić information content (AvgIpc) is 2.84. The summed E-state index contributed by atoms with van der Waals surface area (Å²) < 4.78 is 43.9. The van der Waals surface area contributed by atoms with Crippen LogP contribution in [0.15, 0.2) is 72.8 Å². The highest BCUT2D eigenvalue weighted by atomic mass is 19.4. The van der Waals surface area contributed by atoms with Crippen LogP contribution in [0, 0.1) is 0 Å². The first-order chi connectivity index (χ1) is 15.8. The maximum absolute atomic E-state index is 12.9. The van der Waals surface area contributed by atoms with Crippen molar-refractivity contribution in [1.82, 2.24) is 15.6 Å². The van der Waals surface area contributed by atoms with Gasteiger partial charge >= 0.3 is 6.18 Å². The van der Waals surface area contributed by atoms with Crippen molar-refractivity contribution in [1.29, 1.82) is 0 Å². The monoisotopic (exact) mass is 457 g/mol. The zero-order valence-corrected chi connectivity index (χ0v) is 18.4. The summed E-state index contributed by atoms with van der Waals surface area (Å²) in [7, 11) is 3.09. The first kappa shape index (κ1) is 24.3. The molecule has 2 atom stereocenters. The van der Waals surface area contributed by atoms with E-state index in [2.05, 4.69) is 15.6 Å². The summed E-state index contributed by atoms with van der Waals surface area (Å²) in [4.78, 5) is 17.2. The summed E-state index contributed by atoms with van der Waals surface area (Å²) in [5.41, 5.74) is 1.54. The van der Waals surface area contributed by atoms with Crippen LogP contribution in [0.4, 0.5) is 13.2 Å². The van der Waals surface area contributed by atoms with Crippen LogP contribution in [0.2, 0.25) is 0 Å². The second kappa shape index (κ2) is 11.0. The van der Waals surface area contributed by atoms with E-state index < -0.39 is 17.8 Å². The molecule has 0 saturated carbocycles. The lowest BCUT2D eigenvalue weighted by molar-refractivity contribution is -0.137. The number of carbonyl (C=O) groups excluding carboxylic acids is 1. The molecule has 2 aromatic carbocycles. The summed E-state index contributed by atoms with van der Waals surface area (Å²) in [6.07, 6.45) is -3.38. The van der Waals surface area contributed by atoms with Crippen molar-refractivity contribution in [2.24, 2.45) is 0 Å². The van der Waals surface area contributed by atoms with Crippen LogP contribution in [0.25, 0.3) is 0 Å². The van der Waals surface area contributed by atoms with Crippen molar-refractivity contribution in [2.75, 3.05) is 14.2 Å². The Labute approximate surface area is 191 Å². The van der Waals surface area contributed by atoms with Gasteiger partial charge in [-0.05, 0) is 42.2 Å². The molecule has 1 aromatic heterocycles. The van der Waals surface area contributed by atoms with Gasteiger partial charge in [0.25, 0.3) is 0 Å². The first-order valence-electron chi connectivity index (χ1n) is 10.5. The highest BCUT2D eigenvalue weighted by molar-refractivity contribution is 5.83. The van der Waals surface area contributed by atoms with E-state index in [1.165, 1.54) is 19.2 Å². The number of methoxy groups -OCH3 is 1. The summed E-state index contributed by atoms with van der Waals surface area (Å²) in [6, 6.07) is 18.8. The molecule has 0 spiro atoms. The van der Waals surface area contributed by atoms with Gasteiger partial charge in [0.15, 0.2) is 0 Å². The number of likely N-dealkylation sites (N-methyl/N-ethyl adjacent to an activating group) is 1. The third-order valence-corrected chi connectivity index (χ3v) is 5.32. The SMILES string of the molecule is CNC(=O)C(N[C@@H](CCc1ccc(C(F)(F)F)cc1)c1cccc(OC)n1)c1ccccc1. The lowest BCUT2D eigenvalue weighted by Crippen LogP contribution is -2.38. The fourth-order valence-corrected chi connectivity index (χ4v) is 3.54. The number of halogens is 3. The van der Waals surface area contributed by atoms with Crippen molar-refractivity contribution in [3.05, 3.63) is 95.2 Å². The number of amides is 1. The van der Waals surface area contributed by atoms with Gasteiger partial charge in [0.1, 0.15) is 6.04 Å². The molecule has 174 valence electrons. The predicted octanol–water partition coefficient (Wildman–Crippen LogP) is 4.86. The van der Waals surface area contributed by atoms with E-state index in [0.29, 0.717) is 24.4 Å². The second-order valence-electron chi connectivity index (χ2n) is 7.52. The molecule has 0 aliphatic heterocycles. The average molecular weight is 457 g/mol. The molecule has 1 heterocycles. The molecule has 33 heavy (non-hydrogen) atoms. The van der Waals surface area contributed by atoms with Crippen LogP contribution in [0.3, 0.4) is 0 Å². The van der Waals surface area contributed by atoms with E-state index in [1.807, 2.05) is 42.5 Å². The number of benzene rings is 2. The largest absolute Gasteiger partial charge is 0.481 e. The molecule has 1 amide bonds. The maximum Gasteiger partial charge on any atom is 0.416 e. The van der Waals surface area contributed by atoms with E-state index >= 15 is 0 Å². The van der Waals surface area contributed by atoms with Crippen molar-refractivity contribution in [2.45, 2.75) is 31.1 Å². The number of aryl methyl sites for hydroxylation is 1. The van der Waals surface area contributed by atoms with Crippen molar-refractivity contribution in [3.8, 4) is 5.88 Å². The number of alkyl halides is 3. The van der Waals surface area contributed by atoms with E-state index in [9.17, 15) is 18.0 Å². The van der Waals surface area contributed by atoms with Gasteiger partial charge in [-0.15, -0.1) is 0 Å². The van der Waals surface area contributed by atoms with E-state index in [-0.39, 0.29) is 11.9 Å². The number of nitrogens with zero attached hydrogens (tertiary/aromatic N) is 1. The molecule has 2 N–H and O–H groups in total. The number of rotatable bonds is 9. The molecular weight excluding hydrogens is 431 g/mol. The third kappa shape index (κ3) is 6.55. The Hall–Kier alpha value is -3.39. The summed E-state index contributed by atoms with van der Waals surface area (Å²) in [5, 5.41) is 6.07. The van der Waals surface area contributed by atoms with Crippen molar-refractivity contribution >= 4 is 5.91 Å². The van der Waals surface area contributed by atoms with Crippen LogP contribution < -0.4 is 15.4 Å². The summed E-state index contributed by atoms with van der Waals surface area (Å²) >= 11 is 0. The lowest BCUT2D eigenvalue weighted by atomic mass is 9.98. The molecule has 3 aromatic rings. The molecule has 0 fully saturated rings.